The Balaban J connectivity index is 1.05. The molecule has 3 saturated heterocycles. The van der Waals surface area contributed by atoms with Crippen LogP contribution < -0.4 is 19.5 Å². The van der Waals surface area contributed by atoms with Gasteiger partial charge in [0.2, 0.25) is 12.7 Å². The maximum Gasteiger partial charge on any atom is 0.231 e. The highest BCUT2D eigenvalue weighted by Gasteiger charge is 2.43. The first-order valence-electron chi connectivity index (χ1n) is 12.1. The Bertz CT molecular complexity index is 1210. The van der Waals surface area contributed by atoms with Crippen LogP contribution in [0.1, 0.15) is 18.4 Å². The normalized spacial score (nSPS) is 24.4. The van der Waals surface area contributed by atoms with Crippen LogP contribution in [-0.2, 0) is 17.9 Å². The number of nitrogens with zero attached hydrogens (tertiary/aromatic N) is 4. The molecular weight excluding hydrogens is 446 g/mol. The molecule has 9 heteroatoms. The molecule has 1 aromatic heterocycles. The van der Waals surface area contributed by atoms with Crippen molar-refractivity contribution in [2.24, 2.45) is 11.8 Å². The molecule has 4 aliphatic heterocycles. The maximum absolute atomic E-state index is 13.0. The summed E-state index contributed by atoms with van der Waals surface area (Å²) in [6, 6.07) is 14.0. The van der Waals surface area contributed by atoms with Crippen molar-refractivity contribution in [2.45, 2.75) is 32.0 Å². The average molecular weight is 476 g/mol. The molecule has 2 bridgehead atoms. The van der Waals surface area contributed by atoms with E-state index in [0.717, 1.165) is 66.5 Å². The number of hydrogen-bond donors (Lipinski definition) is 1. The summed E-state index contributed by atoms with van der Waals surface area (Å²) in [5.41, 5.74) is 2.88. The monoisotopic (exact) mass is 475 g/mol. The Morgan fingerprint density at radius 2 is 2.03 bits per heavy atom. The number of carbonyl (C=O) groups excluding carboxylic acids is 1. The molecule has 4 aliphatic rings. The minimum Gasteiger partial charge on any atom is -0.497 e. The topological polar surface area (TPSA) is 90.7 Å². The lowest BCUT2D eigenvalue weighted by Gasteiger charge is -2.49. The number of hydrogen-bond acceptors (Lipinski definition) is 7. The molecule has 5 heterocycles. The van der Waals surface area contributed by atoms with Crippen molar-refractivity contribution in [1.82, 2.24) is 25.2 Å². The third kappa shape index (κ3) is 4.43. The van der Waals surface area contributed by atoms with E-state index in [2.05, 4.69) is 20.5 Å². The Kier molecular flexibility index (Phi) is 5.77. The molecular formula is C26H29N5O4. The van der Waals surface area contributed by atoms with Crippen molar-refractivity contribution in [3.8, 4) is 28.5 Å². The van der Waals surface area contributed by atoms with Crippen molar-refractivity contribution >= 4 is 5.91 Å². The van der Waals surface area contributed by atoms with Gasteiger partial charge in [0.15, 0.2) is 11.5 Å². The Morgan fingerprint density at radius 3 is 2.83 bits per heavy atom. The number of piperidine rings is 3. The van der Waals surface area contributed by atoms with Gasteiger partial charge in [-0.25, -0.2) is 0 Å². The number of carbonyl (C=O) groups is 1. The molecule has 1 N–H and O–H groups in total. The Hall–Kier alpha value is -3.59. The predicted octanol–water partition coefficient (Wildman–Crippen LogP) is 2.71. The fourth-order valence-corrected chi connectivity index (χ4v) is 5.49. The van der Waals surface area contributed by atoms with E-state index in [-0.39, 0.29) is 18.6 Å². The van der Waals surface area contributed by atoms with E-state index < -0.39 is 0 Å². The molecule has 9 nitrogen and oxygen atoms in total. The van der Waals surface area contributed by atoms with Gasteiger partial charge in [-0.05, 0) is 67.3 Å². The molecule has 4 atom stereocenters. The zero-order chi connectivity index (χ0) is 23.8. The number of amides is 1. The van der Waals surface area contributed by atoms with E-state index in [1.54, 1.807) is 7.11 Å². The van der Waals surface area contributed by atoms with Crippen LogP contribution in [0.15, 0.2) is 48.7 Å². The van der Waals surface area contributed by atoms with Crippen LogP contribution in [0.4, 0.5) is 0 Å². The van der Waals surface area contributed by atoms with E-state index in [9.17, 15) is 4.79 Å². The maximum atomic E-state index is 13.0. The van der Waals surface area contributed by atoms with Gasteiger partial charge in [-0.1, -0.05) is 11.3 Å². The first-order valence-corrected chi connectivity index (χ1v) is 12.1. The number of rotatable bonds is 7. The second kappa shape index (κ2) is 9.22. The fourth-order valence-electron chi connectivity index (χ4n) is 5.49. The number of fused-ring (bicyclic) bond motifs is 4. The van der Waals surface area contributed by atoms with Crippen molar-refractivity contribution in [3.63, 3.8) is 0 Å². The zero-order valence-electron chi connectivity index (χ0n) is 19.7. The summed E-state index contributed by atoms with van der Waals surface area (Å²) < 4.78 is 18.0. The second-order valence-electron chi connectivity index (χ2n) is 9.50. The summed E-state index contributed by atoms with van der Waals surface area (Å²) in [7, 11) is 1.66. The smallest absolute Gasteiger partial charge is 0.231 e. The van der Waals surface area contributed by atoms with E-state index in [1.165, 1.54) is 0 Å². The van der Waals surface area contributed by atoms with Crippen LogP contribution in [0.5, 0.6) is 17.2 Å². The van der Waals surface area contributed by atoms with Crippen LogP contribution in [0, 0.1) is 11.8 Å². The van der Waals surface area contributed by atoms with Crippen molar-refractivity contribution < 1.29 is 19.0 Å². The largest absolute Gasteiger partial charge is 0.497 e. The first kappa shape index (κ1) is 21.9. The van der Waals surface area contributed by atoms with Gasteiger partial charge >= 0.3 is 0 Å². The average Bonchev–Trinajstić information content (AvgIpc) is 3.57. The van der Waals surface area contributed by atoms with Gasteiger partial charge in [-0.3, -0.25) is 14.4 Å². The predicted molar refractivity (Wildman–Crippen MR) is 128 cm³/mol. The van der Waals surface area contributed by atoms with Crippen molar-refractivity contribution in [1.29, 1.82) is 0 Å². The van der Waals surface area contributed by atoms with Crippen LogP contribution in [-0.4, -0.2) is 58.8 Å². The minimum atomic E-state index is 0.0274. The number of nitrogens with one attached hydrogen (secondary N) is 1. The van der Waals surface area contributed by atoms with E-state index >= 15 is 0 Å². The Labute approximate surface area is 204 Å². The molecule has 3 fully saturated rings. The minimum absolute atomic E-state index is 0.0274. The first-order chi connectivity index (χ1) is 17.2. The molecule has 0 radical (unpaired) electrons. The van der Waals surface area contributed by atoms with Gasteiger partial charge < -0.3 is 19.5 Å². The molecule has 1 unspecified atom stereocenters. The number of benzene rings is 2. The van der Waals surface area contributed by atoms with Crippen LogP contribution in [0.3, 0.4) is 0 Å². The molecule has 7 rings (SSSR count). The number of ether oxygens (including phenoxy) is 3. The van der Waals surface area contributed by atoms with Gasteiger partial charge in [-0.15, -0.1) is 5.10 Å². The van der Waals surface area contributed by atoms with Crippen LogP contribution in [0.2, 0.25) is 0 Å². The molecule has 3 aromatic rings. The SMILES string of the molecule is COc1ccc(-c2cn(C[C@H]3C[C@@H]4CCN3C[C@@H]4C(=O)NCc3ccc4c(c3)OCO4)nn2)cc1. The lowest BCUT2D eigenvalue weighted by Crippen LogP contribution is -2.57. The summed E-state index contributed by atoms with van der Waals surface area (Å²) in [4.78, 5) is 15.5. The molecule has 2 aromatic carbocycles. The Morgan fingerprint density at radius 1 is 1.17 bits per heavy atom. The standard InChI is InChI=1S/C26H29N5O4/c1-33-21-5-3-18(4-6-21)23-15-31(29-28-23)13-20-11-19-8-9-30(20)14-22(19)26(32)27-12-17-2-7-24-25(10-17)35-16-34-24/h2-7,10,15,19-20,22H,8-9,11-14,16H2,1H3,(H,27,32)/t19-,20+,22-/m0/s1. The quantitative estimate of drug-likeness (QED) is 0.562. The van der Waals surface area contributed by atoms with Gasteiger partial charge in [-0.2, -0.15) is 0 Å². The molecule has 182 valence electrons. The van der Waals surface area contributed by atoms with Gasteiger partial charge in [0.25, 0.3) is 0 Å². The summed E-state index contributed by atoms with van der Waals surface area (Å²) >= 11 is 0. The molecule has 0 spiro atoms. The van der Waals surface area contributed by atoms with Crippen LogP contribution in [0.25, 0.3) is 11.3 Å². The van der Waals surface area contributed by atoms with E-state index in [0.29, 0.717) is 18.5 Å². The molecule has 35 heavy (non-hydrogen) atoms. The number of methoxy groups -OCH3 is 1. The van der Waals surface area contributed by atoms with E-state index in [4.69, 9.17) is 14.2 Å². The third-order valence-corrected chi connectivity index (χ3v) is 7.44. The van der Waals surface area contributed by atoms with Gasteiger partial charge in [0.1, 0.15) is 11.4 Å². The fraction of sp³-hybridized carbons (Fsp3) is 0.423. The summed E-state index contributed by atoms with van der Waals surface area (Å²) in [6.07, 6.45) is 4.06. The van der Waals surface area contributed by atoms with Crippen LogP contribution >= 0.6 is 0 Å². The van der Waals surface area contributed by atoms with Gasteiger partial charge in [0, 0.05) is 24.7 Å². The molecule has 0 saturated carbocycles. The highest BCUT2D eigenvalue weighted by atomic mass is 16.7. The lowest BCUT2D eigenvalue weighted by molar-refractivity contribution is -0.133. The molecule has 0 aliphatic carbocycles. The summed E-state index contributed by atoms with van der Waals surface area (Å²) in [5, 5.41) is 11.9. The van der Waals surface area contributed by atoms with E-state index in [1.807, 2.05) is 53.3 Å². The number of aromatic nitrogens is 3. The second-order valence-corrected chi connectivity index (χ2v) is 9.50. The highest BCUT2D eigenvalue weighted by molar-refractivity contribution is 5.79. The third-order valence-electron chi connectivity index (χ3n) is 7.44. The molecule has 1 amide bonds. The van der Waals surface area contributed by atoms with Gasteiger partial charge in [0.05, 0.1) is 25.8 Å². The highest BCUT2D eigenvalue weighted by Crippen LogP contribution is 2.37. The lowest BCUT2D eigenvalue weighted by atomic mass is 9.75. The van der Waals surface area contributed by atoms with Crippen molar-refractivity contribution in [3.05, 3.63) is 54.2 Å². The summed E-state index contributed by atoms with van der Waals surface area (Å²) in [6.45, 7) is 3.35. The summed E-state index contributed by atoms with van der Waals surface area (Å²) in [5.74, 6) is 2.88. The van der Waals surface area contributed by atoms with Crippen molar-refractivity contribution in [2.75, 3.05) is 27.0 Å². The zero-order valence-corrected chi connectivity index (χ0v) is 19.7.